The number of likely N-dealkylation sites (tertiary alicyclic amines) is 1. The van der Waals surface area contributed by atoms with Gasteiger partial charge in [0.1, 0.15) is 5.82 Å². The Morgan fingerprint density at radius 2 is 2.00 bits per heavy atom. The highest BCUT2D eigenvalue weighted by Crippen LogP contribution is 2.30. The van der Waals surface area contributed by atoms with Crippen molar-refractivity contribution >= 4 is 23.3 Å². The summed E-state index contributed by atoms with van der Waals surface area (Å²) in [6.07, 6.45) is 4.17. The molecule has 1 aromatic carbocycles. The summed E-state index contributed by atoms with van der Waals surface area (Å²) in [4.78, 5) is 35.2. The van der Waals surface area contributed by atoms with Gasteiger partial charge >= 0.3 is 0 Å². The van der Waals surface area contributed by atoms with Gasteiger partial charge in [-0.2, -0.15) is 0 Å². The second-order valence-electron chi connectivity index (χ2n) is 7.12. The van der Waals surface area contributed by atoms with Gasteiger partial charge < -0.3 is 14.7 Å². The first-order chi connectivity index (χ1) is 13.1. The first kappa shape index (κ1) is 17.5. The molecule has 6 nitrogen and oxygen atoms in total. The first-order valence-electron chi connectivity index (χ1n) is 9.49. The van der Waals surface area contributed by atoms with Gasteiger partial charge in [0.05, 0.1) is 5.56 Å². The van der Waals surface area contributed by atoms with Crippen molar-refractivity contribution in [3.63, 3.8) is 0 Å². The van der Waals surface area contributed by atoms with Crippen LogP contribution in [0.1, 0.15) is 28.8 Å². The molecule has 1 fully saturated rings. The van der Waals surface area contributed by atoms with Crippen molar-refractivity contribution in [1.29, 1.82) is 0 Å². The summed E-state index contributed by atoms with van der Waals surface area (Å²) in [5.74, 6) is 0.861. The van der Waals surface area contributed by atoms with E-state index in [-0.39, 0.29) is 11.8 Å². The summed E-state index contributed by atoms with van der Waals surface area (Å²) < 4.78 is 0. The molecule has 0 radical (unpaired) electrons. The SMILES string of the molecule is CN(CCN1CCCC1=O)c1ncccc1C(=O)N1CCc2ccccc21. The van der Waals surface area contributed by atoms with E-state index in [1.54, 1.807) is 12.3 Å². The molecule has 0 atom stereocenters. The number of likely N-dealkylation sites (N-methyl/N-ethyl adjacent to an activating group) is 1. The van der Waals surface area contributed by atoms with Crippen molar-refractivity contribution in [1.82, 2.24) is 9.88 Å². The summed E-state index contributed by atoms with van der Waals surface area (Å²) in [7, 11) is 1.93. The molecule has 0 N–H and O–H groups in total. The molecule has 1 saturated heterocycles. The number of hydrogen-bond donors (Lipinski definition) is 0. The Kier molecular flexibility index (Phi) is 4.79. The van der Waals surface area contributed by atoms with Crippen LogP contribution in [0.3, 0.4) is 0 Å². The molecule has 2 aromatic rings. The van der Waals surface area contributed by atoms with Crippen molar-refractivity contribution in [3.05, 3.63) is 53.7 Å². The van der Waals surface area contributed by atoms with Crippen LogP contribution >= 0.6 is 0 Å². The molecule has 0 saturated carbocycles. The number of hydrogen-bond acceptors (Lipinski definition) is 4. The lowest BCUT2D eigenvalue weighted by Gasteiger charge is -2.25. The fourth-order valence-electron chi connectivity index (χ4n) is 3.88. The molecule has 3 heterocycles. The van der Waals surface area contributed by atoms with Crippen LogP contribution in [0.4, 0.5) is 11.5 Å². The topological polar surface area (TPSA) is 56.8 Å². The number of pyridine rings is 1. The maximum Gasteiger partial charge on any atom is 0.262 e. The highest BCUT2D eigenvalue weighted by molar-refractivity contribution is 6.10. The number of rotatable bonds is 5. The molecular weight excluding hydrogens is 340 g/mol. The van der Waals surface area contributed by atoms with E-state index < -0.39 is 0 Å². The van der Waals surface area contributed by atoms with E-state index >= 15 is 0 Å². The summed E-state index contributed by atoms with van der Waals surface area (Å²) in [6.45, 7) is 2.83. The molecule has 2 aliphatic heterocycles. The predicted molar refractivity (Wildman–Crippen MR) is 105 cm³/mol. The molecule has 6 heteroatoms. The van der Waals surface area contributed by atoms with E-state index in [4.69, 9.17) is 0 Å². The molecular formula is C21H24N4O2. The number of aromatic nitrogens is 1. The number of fused-ring (bicyclic) bond motifs is 1. The molecule has 2 amide bonds. The van der Waals surface area contributed by atoms with Crippen LogP contribution < -0.4 is 9.80 Å². The Morgan fingerprint density at radius 1 is 1.15 bits per heavy atom. The van der Waals surface area contributed by atoms with Crippen molar-refractivity contribution in [3.8, 4) is 0 Å². The maximum absolute atomic E-state index is 13.2. The number of benzene rings is 1. The minimum atomic E-state index is -0.0212. The van der Waals surface area contributed by atoms with Crippen LogP contribution in [-0.2, 0) is 11.2 Å². The summed E-state index contributed by atoms with van der Waals surface area (Å²) in [6, 6.07) is 11.7. The number of para-hydroxylation sites is 1. The van der Waals surface area contributed by atoms with E-state index in [9.17, 15) is 9.59 Å². The van der Waals surface area contributed by atoms with Gasteiger partial charge in [-0.25, -0.2) is 4.98 Å². The van der Waals surface area contributed by atoms with Crippen molar-refractivity contribution in [2.45, 2.75) is 19.3 Å². The third-order valence-electron chi connectivity index (χ3n) is 5.39. The lowest BCUT2D eigenvalue weighted by atomic mass is 10.1. The van der Waals surface area contributed by atoms with Gasteiger partial charge in [0, 0.05) is 51.5 Å². The standard InChI is InChI=1S/C21H24N4O2/c1-23(14-15-24-12-5-9-19(24)26)20-17(7-4-11-22-20)21(27)25-13-10-16-6-2-3-8-18(16)25/h2-4,6-8,11H,5,9-10,12-15H2,1H3. The zero-order chi connectivity index (χ0) is 18.8. The number of anilines is 2. The van der Waals surface area contributed by atoms with Gasteiger partial charge in [-0.1, -0.05) is 18.2 Å². The number of carbonyl (C=O) groups excluding carboxylic acids is 2. The molecule has 4 rings (SSSR count). The highest BCUT2D eigenvalue weighted by atomic mass is 16.2. The molecule has 0 bridgehead atoms. The molecule has 1 aromatic heterocycles. The Labute approximate surface area is 159 Å². The van der Waals surface area contributed by atoms with E-state index in [0.717, 1.165) is 25.1 Å². The smallest absolute Gasteiger partial charge is 0.262 e. The number of carbonyl (C=O) groups is 2. The van der Waals surface area contributed by atoms with Crippen molar-refractivity contribution in [2.75, 3.05) is 43.0 Å². The Balaban J connectivity index is 1.52. The average Bonchev–Trinajstić information content (AvgIpc) is 3.31. The second-order valence-corrected chi connectivity index (χ2v) is 7.12. The lowest BCUT2D eigenvalue weighted by molar-refractivity contribution is -0.127. The summed E-state index contributed by atoms with van der Waals surface area (Å²) >= 11 is 0. The normalized spacial score (nSPS) is 16.0. The number of amides is 2. The van der Waals surface area contributed by atoms with E-state index in [1.807, 2.05) is 46.0 Å². The van der Waals surface area contributed by atoms with Crippen LogP contribution in [0.5, 0.6) is 0 Å². The Morgan fingerprint density at radius 3 is 2.81 bits per heavy atom. The van der Waals surface area contributed by atoms with Gasteiger partial charge in [-0.3, -0.25) is 9.59 Å². The van der Waals surface area contributed by atoms with Crippen LogP contribution in [0.2, 0.25) is 0 Å². The fraction of sp³-hybridized carbons (Fsp3) is 0.381. The minimum absolute atomic E-state index is 0.0212. The minimum Gasteiger partial charge on any atom is -0.357 e. The molecule has 0 spiro atoms. The van der Waals surface area contributed by atoms with Crippen LogP contribution in [-0.4, -0.2) is 54.9 Å². The summed E-state index contributed by atoms with van der Waals surface area (Å²) in [5, 5.41) is 0. The van der Waals surface area contributed by atoms with Gasteiger partial charge in [-0.05, 0) is 36.6 Å². The van der Waals surface area contributed by atoms with E-state index in [2.05, 4.69) is 11.1 Å². The largest absolute Gasteiger partial charge is 0.357 e. The summed E-state index contributed by atoms with van der Waals surface area (Å²) in [5.41, 5.74) is 2.80. The third-order valence-corrected chi connectivity index (χ3v) is 5.39. The highest BCUT2D eigenvalue weighted by Gasteiger charge is 2.28. The van der Waals surface area contributed by atoms with E-state index in [0.29, 0.717) is 37.4 Å². The quantitative estimate of drug-likeness (QED) is 0.817. The first-order valence-corrected chi connectivity index (χ1v) is 9.49. The Bertz CT molecular complexity index is 867. The lowest BCUT2D eigenvalue weighted by Crippen LogP contribution is -2.36. The maximum atomic E-state index is 13.2. The predicted octanol–water partition coefficient (Wildman–Crippen LogP) is 2.34. The second kappa shape index (κ2) is 7.39. The molecule has 140 valence electrons. The molecule has 0 aliphatic carbocycles. The zero-order valence-corrected chi connectivity index (χ0v) is 15.6. The van der Waals surface area contributed by atoms with Gasteiger partial charge in [-0.15, -0.1) is 0 Å². The van der Waals surface area contributed by atoms with Crippen LogP contribution in [0, 0.1) is 0 Å². The van der Waals surface area contributed by atoms with Gasteiger partial charge in [0.25, 0.3) is 5.91 Å². The van der Waals surface area contributed by atoms with E-state index in [1.165, 1.54) is 5.56 Å². The van der Waals surface area contributed by atoms with Crippen LogP contribution in [0.15, 0.2) is 42.6 Å². The average molecular weight is 364 g/mol. The molecule has 2 aliphatic rings. The molecule has 0 unspecified atom stereocenters. The fourth-order valence-corrected chi connectivity index (χ4v) is 3.88. The van der Waals surface area contributed by atoms with Gasteiger partial charge in [0.2, 0.25) is 5.91 Å². The number of nitrogens with zero attached hydrogens (tertiary/aromatic N) is 4. The Hall–Kier alpha value is -2.89. The molecule has 27 heavy (non-hydrogen) atoms. The van der Waals surface area contributed by atoms with Crippen LogP contribution in [0.25, 0.3) is 0 Å². The van der Waals surface area contributed by atoms with Crippen molar-refractivity contribution < 1.29 is 9.59 Å². The van der Waals surface area contributed by atoms with Gasteiger partial charge in [0.15, 0.2) is 0 Å². The third kappa shape index (κ3) is 3.39. The zero-order valence-electron chi connectivity index (χ0n) is 15.6. The van der Waals surface area contributed by atoms with Crippen molar-refractivity contribution in [2.24, 2.45) is 0 Å². The monoisotopic (exact) mass is 364 g/mol.